The Morgan fingerprint density at radius 2 is 1.61 bits per heavy atom. The highest BCUT2D eigenvalue weighted by Crippen LogP contribution is 2.32. The van der Waals surface area contributed by atoms with Crippen LogP contribution in [-0.4, -0.2) is 25.1 Å². The molecule has 0 saturated heterocycles. The van der Waals surface area contributed by atoms with E-state index in [1.165, 1.54) is 18.2 Å². The Morgan fingerprint density at radius 1 is 0.944 bits per heavy atom. The molecule has 1 heterocycles. The molecular weight excluding hydrogens is 476 g/mol. The molecule has 36 heavy (non-hydrogen) atoms. The zero-order chi connectivity index (χ0) is 26.0. The maximum Gasteiger partial charge on any atom is 0.270 e. The molecule has 0 atom stereocenters. The van der Waals surface area contributed by atoms with Gasteiger partial charge < -0.3 is 4.74 Å². The molecule has 1 N–H and O–H groups in total. The van der Waals surface area contributed by atoms with Gasteiger partial charge in [0, 0.05) is 12.0 Å². The Balaban J connectivity index is 1.77. The molecule has 0 aliphatic heterocycles. The molecular formula is C28H26N2O5S. The van der Waals surface area contributed by atoms with E-state index in [2.05, 4.69) is 4.98 Å². The molecule has 0 bridgehead atoms. The Labute approximate surface area is 210 Å². The number of aromatic nitrogens is 1. The van der Waals surface area contributed by atoms with Crippen LogP contribution >= 0.6 is 0 Å². The minimum Gasteiger partial charge on any atom is -0.438 e. The average Bonchev–Trinajstić information content (AvgIpc) is 2.81. The van der Waals surface area contributed by atoms with Gasteiger partial charge in [0.2, 0.25) is 5.88 Å². The van der Waals surface area contributed by atoms with Crippen molar-refractivity contribution in [2.75, 3.05) is 0 Å². The minimum absolute atomic E-state index is 0.0420. The number of Topliss-reactive ketones (excluding diaryl/α,β-unsaturated/α-hetero) is 1. The SMILES string of the molecule is Cc1ccc(-c2ccc(C(=O)NS(=O)(=O)C3=CC=CCC3=O)c(Oc3c(C)cc(C)cc3C)n2)cc1. The molecule has 7 nitrogen and oxygen atoms in total. The number of nitrogens with one attached hydrogen (secondary N) is 1. The minimum atomic E-state index is -4.38. The predicted octanol–water partition coefficient (Wildman–Crippen LogP) is 5.25. The number of pyridine rings is 1. The zero-order valence-corrected chi connectivity index (χ0v) is 21.3. The van der Waals surface area contributed by atoms with E-state index in [4.69, 9.17) is 4.74 Å². The number of benzene rings is 2. The van der Waals surface area contributed by atoms with E-state index in [1.807, 2.05) is 68.8 Å². The number of amides is 1. The van der Waals surface area contributed by atoms with Gasteiger partial charge in [-0.15, -0.1) is 0 Å². The van der Waals surface area contributed by atoms with Gasteiger partial charge in [-0.1, -0.05) is 59.7 Å². The number of rotatable bonds is 6. The number of carbonyl (C=O) groups is 2. The molecule has 8 heteroatoms. The summed E-state index contributed by atoms with van der Waals surface area (Å²) in [6.07, 6.45) is 4.15. The highest BCUT2D eigenvalue weighted by atomic mass is 32.2. The number of hydrogen-bond donors (Lipinski definition) is 1. The molecule has 3 aromatic rings. The summed E-state index contributed by atoms with van der Waals surface area (Å²) in [7, 11) is -4.38. The third-order valence-electron chi connectivity index (χ3n) is 5.73. The van der Waals surface area contributed by atoms with Crippen molar-refractivity contribution in [2.45, 2.75) is 34.1 Å². The fourth-order valence-electron chi connectivity index (χ4n) is 4.00. The summed E-state index contributed by atoms with van der Waals surface area (Å²) in [6, 6.07) is 14.7. The number of aryl methyl sites for hydroxylation is 4. The van der Waals surface area contributed by atoms with Crippen LogP contribution in [0.5, 0.6) is 11.6 Å². The van der Waals surface area contributed by atoms with Crippen LogP contribution in [0.1, 0.15) is 39.0 Å². The summed E-state index contributed by atoms with van der Waals surface area (Å²) in [5, 5.41) is 0. The predicted molar refractivity (Wildman–Crippen MR) is 138 cm³/mol. The lowest BCUT2D eigenvalue weighted by atomic mass is 10.1. The van der Waals surface area contributed by atoms with Gasteiger partial charge in [0.1, 0.15) is 16.2 Å². The van der Waals surface area contributed by atoms with Gasteiger partial charge >= 0.3 is 0 Å². The molecule has 0 fully saturated rings. The van der Waals surface area contributed by atoms with Crippen LogP contribution in [0.2, 0.25) is 0 Å². The Hall–Kier alpha value is -4.04. The maximum atomic E-state index is 13.2. The number of nitrogens with zero attached hydrogens (tertiary/aromatic N) is 1. The Morgan fingerprint density at radius 3 is 2.25 bits per heavy atom. The third kappa shape index (κ3) is 5.28. The number of allylic oxidation sites excluding steroid dienone is 4. The first kappa shape index (κ1) is 25.1. The lowest BCUT2D eigenvalue weighted by molar-refractivity contribution is -0.114. The van der Waals surface area contributed by atoms with Crippen LogP contribution in [0, 0.1) is 27.7 Å². The van der Waals surface area contributed by atoms with Gasteiger partial charge in [-0.2, -0.15) is 0 Å². The zero-order valence-electron chi connectivity index (χ0n) is 20.5. The first-order valence-corrected chi connectivity index (χ1v) is 12.8. The van der Waals surface area contributed by atoms with E-state index in [0.29, 0.717) is 11.4 Å². The van der Waals surface area contributed by atoms with Crippen LogP contribution in [0.15, 0.2) is 71.7 Å². The van der Waals surface area contributed by atoms with Gasteiger partial charge in [-0.25, -0.2) is 18.1 Å². The summed E-state index contributed by atoms with van der Waals surface area (Å²) in [5.74, 6) is -1.05. The van der Waals surface area contributed by atoms with Gasteiger partial charge in [-0.3, -0.25) is 9.59 Å². The molecule has 1 aromatic heterocycles. The number of ether oxygens (including phenoxy) is 1. The molecule has 4 rings (SSSR count). The molecule has 1 aliphatic carbocycles. The van der Waals surface area contributed by atoms with Crippen molar-refractivity contribution in [2.24, 2.45) is 0 Å². The lowest BCUT2D eigenvalue weighted by Crippen LogP contribution is -2.34. The topological polar surface area (TPSA) is 102 Å². The average molecular weight is 503 g/mol. The quantitative estimate of drug-likeness (QED) is 0.494. The molecule has 0 radical (unpaired) electrons. The summed E-state index contributed by atoms with van der Waals surface area (Å²) >= 11 is 0. The maximum absolute atomic E-state index is 13.2. The van der Waals surface area contributed by atoms with Crippen LogP contribution in [0.3, 0.4) is 0 Å². The van der Waals surface area contributed by atoms with E-state index in [-0.39, 0.29) is 17.9 Å². The fourth-order valence-corrected chi connectivity index (χ4v) is 5.10. The monoisotopic (exact) mass is 502 g/mol. The smallest absolute Gasteiger partial charge is 0.270 e. The molecule has 0 saturated carbocycles. The fraction of sp³-hybridized carbons (Fsp3) is 0.179. The van der Waals surface area contributed by atoms with Gasteiger partial charge in [-0.05, 0) is 57.0 Å². The van der Waals surface area contributed by atoms with Gasteiger partial charge in [0.15, 0.2) is 5.78 Å². The summed E-state index contributed by atoms with van der Waals surface area (Å²) < 4.78 is 33.7. The molecule has 1 aliphatic rings. The van der Waals surface area contributed by atoms with E-state index in [1.54, 1.807) is 12.1 Å². The second kappa shape index (κ2) is 9.91. The van der Waals surface area contributed by atoms with E-state index < -0.39 is 26.6 Å². The lowest BCUT2D eigenvalue weighted by Gasteiger charge is -2.16. The van der Waals surface area contributed by atoms with Crippen molar-refractivity contribution < 1.29 is 22.7 Å². The summed E-state index contributed by atoms with van der Waals surface area (Å²) in [5.41, 5.74) is 5.13. The largest absolute Gasteiger partial charge is 0.438 e. The van der Waals surface area contributed by atoms with E-state index >= 15 is 0 Å². The standard InChI is InChI=1S/C28H26N2O5S/c1-17-9-11-21(12-10-17)23-14-13-22(27(32)30-36(33,34)25-8-6-5-7-24(25)31)28(29-23)35-26-19(3)15-18(2)16-20(26)4/h5-6,8-16H,7H2,1-4H3,(H,30,32). The Bertz CT molecular complexity index is 1510. The number of sulfonamides is 1. The second-order valence-corrected chi connectivity index (χ2v) is 10.4. The van der Waals surface area contributed by atoms with Crippen molar-refractivity contribution in [3.8, 4) is 22.9 Å². The van der Waals surface area contributed by atoms with Crippen LogP contribution < -0.4 is 9.46 Å². The number of hydrogen-bond acceptors (Lipinski definition) is 6. The summed E-state index contributed by atoms with van der Waals surface area (Å²) in [4.78, 5) is 29.4. The van der Waals surface area contributed by atoms with Crippen molar-refractivity contribution in [1.82, 2.24) is 9.71 Å². The van der Waals surface area contributed by atoms with Crippen LogP contribution in [0.25, 0.3) is 11.3 Å². The molecule has 0 spiro atoms. The number of ketones is 1. The van der Waals surface area contributed by atoms with Gasteiger partial charge in [0.25, 0.3) is 15.9 Å². The van der Waals surface area contributed by atoms with Crippen molar-refractivity contribution >= 4 is 21.7 Å². The third-order valence-corrected chi connectivity index (χ3v) is 7.13. The molecule has 2 aromatic carbocycles. The van der Waals surface area contributed by atoms with Crippen LogP contribution in [-0.2, 0) is 14.8 Å². The highest BCUT2D eigenvalue weighted by molar-refractivity contribution is 7.95. The summed E-state index contributed by atoms with van der Waals surface area (Å²) in [6.45, 7) is 7.72. The highest BCUT2D eigenvalue weighted by Gasteiger charge is 2.29. The molecule has 184 valence electrons. The normalized spacial score (nSPS) is 13.3. The molecule has 0 unspecified atom stereocenters. The van der Waals surface area contributed by atoms with Crippen molar-refractivity contribution in [3.05, 3.63) is 99.5 Å². The number of carbonyl (C=O) groups excluding carboxylic acids is 2. The van der Waals surface area contributed by atoms with Crippen molar-refractivity contribution in [3.63, 3.8) is 0 Å². The van der Waals surface area contributed by atoms with Crippen LogP contribution in [0.4, 0.5) is 0 Å². The first-order chi connectivity index (χ1) is 17.0. The van der Waals surface area contributed by atoms with E-state index in [0.717, 1.165) is 27.8 Å². The van der Waals surface area contributed by atoms with Crippen molar-refractivity contribution in [1.29, 1.82) is 0 Å². The second-order valence-electron chi connectivity index (χ2n) is 8.77. The van der Waals surface area contributed by atoms with E-state index in [9.17, 15) is 18.0 Å². The Kier molecular flexibility index (Phi) is 6.90. The van der Waals surface area contributed by atoms with Gasteiger partial charge in [0.05, 0.1) is 5.69 Å². The molecule has 1 amide bonds. The first-order valence-electron chi connectivity index (χ1n) is 11.4.